The lowest BCUT2D eigenvalue weighted by Gasteiger charge is -2.20. The first kappa shape index (κ1) is 16.0. The predicted octanol–water partition coefficient (Wildman–Crippen LogP) is 3.04. The van der Waals surface area contributed by atoms with Crippen molar-refractivity contribution in [3.05, 3.63) is 63.7 Å². The van der Waals surface area contributed by atoms with Gasteiger partial charge in [-0.25, -0.2) is 8.42 Å². The fraction of sp³-hybridized carbons (Fsp3) is 0.200. The van der Waals surface area contributed by atoms with Gasteiger partial charge in [-0.1, -0.05) is 12.1 Å². The first-order chi connectivity index (χ1) is 10.2. The Kier molecular flexibility index (Phi) is 4.18. The standard InChI is InChI=1S/C15H16N2O4S/c1-11-7-12(2)9-14(8-11)16(3)22(20,21)15-6-4-5-13(10-15)17(18)19/h4-10H,1-3H3. The van der Waals surface area contributed by atoms with Crippen molar-refractivity contribution in [3.63, 3.8) is 0 Å². The second kappa shape index (κ2) is 5.76. The summed E-state index contributed by atoms with van der Waals surface area (Å²) in [6.07, 6.45) is 0. The number of nitro benzene ring substituents is 1. The van der Waals surface area contributed by atoms with Crippen LogP contribution in [0.4, 0.5) is 11.4 Å². The molecular weight excluding hydrogens is 304 g/mol. The van der Waals surface area contributed by atoms with E-state index in [2.05, 4.69) is 0 Å². The van der Waals surface area contributed by atoms with Crippen LogP contribution < -0.4 is 4.31 Å². The summed E-state index contributed by atoms with van der Waals surface area (Å²) >= 11 is 0. The molecule has 2 aromatic rings. The van der Waals surface area contributed by atoms with Gasteiger partial charge in [0, 0.05) is 19.2 Å². The average molecular weight is 320 g/mol. The molecule has 0 N–H and O–H groups in total. The number of non-ortho nitro benzene ring substituents is 1. The number of nitrogens with zero attached hydrogens (tertiary/aromatic N) is 2. The Bertz CT molecular complexity index is 811. The third kappa shape index (κ3) is 3.09. The Hall–Kier alpha value is -2.41. The molecule has 0 radical (unpaired) electrons. The molecule has 0 heterocycles. The maximum absolute atomic E-state index is 12.6. The van der Waals surface area contributed by atoms with E-state index in [4.69, 9.17) is 0 Å². The van der Waals surface area contributed by atoms with Gasteiger partial charge in [0.15, 0.2) is 0 Å². The highest BCUT2D eigenvalue weighted by Gasteiger charge is 2.23. The molecule has 2 rings (SSSR count). The minimum Gasteiger partial charge on any atom is -0.269 e. The molecule has 0 aromatic heterocycles. The van der Waals surface area contributed by atoms with Crippen molar-refractivity contribution >= 4 is 21.4 Å². The number of rotatable bonds is 4. The molecule has 0 amide bonds. The largest absolute Gasteiger partial charge is 0.270 e. The van der Waals surface area contributed by atoms with Gasteiger partial charge in [0.2, 0.25) is 0 Å². The molecule has 0 aliphatic rings. The smallest absolute Gasteiger partial charge is 0.269 e. The summed E-state index contributed by atoms with van der Waals surface area (Å²) in [7, 11) is -2.42. The monoisotopic (exact) mass is 320 g/mol. The van der Waals surface area contributed by atoms with E-state index < -0.39 is 14.9 Å². The van der Waals surface area contributed by atoms with Crippen LogP contribution in [0.25, 0.3) is 0 Å². The van der Waals surface area contributed by atoms with Crippen LogP contribution >= 0.6 is 0 Å². The fourth-order valence-electron chi connectivity index (χ4n) is 2.19. The molecule has 0 atom stereocenters. The Morgan fingerprint density at radius 1 is 1.05 bits per heavy atom. The van der Waals surface area contributed by atoms with Crippen molar-refractivity contribution in [1.29, 1.82) is 0 Å². The van der Waals surface area contributed by atoms with Crippen LogP contribution in [0.2, 0.25) is 0 Å². The van der Waals surface area contributed by atoms with Crippen LogP contribution in [0.1, 0.15) is 11.1 Å². The van der Waals surface area contributed by atoms with Crippen molar-refractivity contribution < 1.29 is 13.3 Å². The van der Waals surface area contributed by atoms with Crippen molar-refractivity contribution in [2.24, 2.45) is 0 Å². The van der Waals surface area contributed by atoms with E-state index in [0.29, 0.717) is 5.69 Å². The van der Waals surface area contributed by atoms with Crippen LogP contribution in [0.3, 0.4) is 0 Å². The molecule has 0 saturated heterocycles. The number of hydrogen-bond donors (Lipinski definition) is 0. The lowest BCUT2D eigenvalue weighted by Crippen LogP contribution is -2.26. The van der Waals surface area contributed by atoms with Gasteiger partial charge in [-0.05, 0) is 43.2 Å². The molecule has 22 heavy (non-hydrogen) atoms. The van der Waals surface area contributed by atoms with Gasteiger partial charge in [0.05, 0.1) is 15.5 Å². The highest BCUT2D eigenvalue weighted by Crippen LogP contribution is 2.26. The second-order valence-electron chi connectivity index (χ2n) is 5.07. The summed E-state index contributed by atoms with van der Waals surface area (Å²) in [6.45, 7) is 3.76. The summed E-state index contributed by atoms with van der Waals surface area (Å²) in [6, 6.07) is 10.5. The van der Waals surface area contributed by atoms with Crippen LogP contribution in [0.5, 0.6) is 0 Å². The highest BCUT2D eigenvalue weighted by molar-refractivity contribution is 7.92. The van der Waals surface area contributed by atoms with E-state index in [1.165, 1.54) is 25.2 Å². The maximum atomic E-state index is 12.6. The highest BCUT2D eigenvalue weighted by atomic mass is 32.2. The van der Waals surface area contributed by atoms with Gasteiger partial charge in [-0.2, -0.15) is 0 Å². The first-order valence-electron chi connectivity index (χ1n) is 6.53. The van der Waals surface area contributed by atoms with Gasteiger partial charge >= 0.3 is 0 Å². The molecule has 7 heteroatoms. The maximum Gasteiger partial charge on any atom is 0.270 e. The summed E-state index contributed by atoms with van der Waals surface area (Å²) in [4.78, 5) is 10.1. The number of sulfonamides is 1. The number of aryl methyl sites for hydroxylation is 2. The summed E-state index contributed by atoms with van der Waals surface area (Å²) in [5.41, 5.74) is 2.14. The molecule has 0 saturated carbocycles. The summed E-state index contributed by atoms with van der Waals surface area (Å²) in [5, 5.41) is 10.8. The number of hydrogen-bond acceptors (Lipinski definition) is 4. The Labute approximate surface area is 129 Å². The lowest BCUT2D eigenvalue weighted by atomic mass is 10.1. The van der Waals surface area contributed by atoms with E-state index in [9.17, 15) is 18.5 Å². The molecule has 2 aromatic carbocycles. The van der Waals surface area contributed by atoms with E-state index in [-0.39, 0.29) is 10.6 Å². The topological polar surface area (TPSA) is 80.5 Å². The normalized spacial score (nSPS) is 11.2. The van der Waals surface area contributed by atoms with E-state index in [0.717, 1.165) is 21.5 Å². The van der Waals surface area contributed by atoms with Crippen molar-refractivity contribution in [1.82, 2.24) is 0 Å². The van der Waals surface area contributed by atoms with E-state index >= 15 is 0 Å². The quantitative estimate of drug-likeness (QED) is 0.640. The Morgan fingerprint density at radius 2 is 1.64 bits per heavy atom. The SMILES string of the molecule is Cc1cc(C)cc(N(C)S(=O)(=O)c2cccc([N+](=O)[O-])c2)c1. The molecular formula is C15H16N2O4S. The third-order valence-electron chi connectivity index (χ3n) is 3.26. The summed E-state index contributed by atoms with van der Waals surface area (Å²) < 4.78 is 26.4. The van der Waals surface area contributed by atoms with Gasteiger partial charge < -0.3 is 0 Å². The first-order valence-corrected chi connectivity index (χ1v) is 7.97. The van der Waals surface area contributed by atoms with E-state index in [1.807, 2.05) is 19.9 Å². The van der Waals surface area contributed by atoms with Crippen LogP contribution in [0, 0.1) is 24.0 Å². The zero-order chi connectivity index (χ0) is 16.5. The molecule has 0 unspecified atom stereocenters. The van der Waals surface area contributed by atoms with Crippen molar-refractivity contribution in [3.8, 4) is 0 Å². The zero-order valence-corrected chi connectivity index (χ0v) is 13.3. The lowest BCUT2D eigenvalue weighted by molar-refractivity contribution is -0.385. The van der Waals surface area contributed by atoms with Gasteiger partial charge in [0.25, 0.3) is 15.7 Å². The number of anilines is 1. The second-order valence-corrected chi connectivity index (χ2v) is 7.04. The van der Waals surface area contributed by atoms with Gasteiger partial charge in [-0.15, -0.1) is 0 Å². The van der Waals surface area contributed by atoms with Crippen molar-refractivity contribution in [2.75, 3.05) is 11.4 Å². The third-order valence-corrected chi connectivity index (χ3v) is 5.04. The molecule has 0 fully saturated rings. The minimum absolute atomic E-state index is 0.108. The van der Waals surface area contributed by atoms with Crippen LogP contribution in [-0.2, 0) is 10.0 Å². The van der Waals surface area contributed by atoms with Crippen molar-refractivity contribution in [2.45, 2.75) is 18.7 Å². The molecule has 0 bridgehead atoms. The molecule has 116 valence electrons. The van der Waals surface area contributed by atoms with Gasteiger partial charge in [-0.3, -0.25) is 14.4 Å². The number of benzene rings is 2. The fourth-order valence-corrected chi connectivity index (χ4v) is 3.41. The van der Waals surface area contributed by atoms with Crippen LogP contribution in [-0.4, -0.2) is 20.4 Å². The zero-order valence-electron chi connectivity index (χ0n) is 12.5. The Morgan fingerprint density at radius 3 is 2.18 bits per heavy atom. The molecule has 0 spiro atoms. The summed E-state index contributed by atoms with van der Waals surface area (Å²) in [5.74, 6) is 0. The number of nitro groups is 1. The van der Waals surface area contributed by atoms with E-state index in [1.54, 1.807) is 12.1 Å². The minimum atomic E-state index is -3.85. The average Bonchev–Trinajstić information content (AvgIpc) is 2.45. The molecule has 0 aliphatic heterocycles. The van der Waals surface area contributed by atoms with Gasteiger partial charge in [0.1, 0.15) is 0 Å². The molecule has 6 nitrogen and oxygen atoms in total. The Balaban J connectivity index is 2.49. The van der Waals surface area contributed by atoms with Crippen LogP contribution in [0.15, 0.2) is 47.4 Å². The predicted molar refractivity (Wildman–Crippen MR) is 84.6 cm³/mol. The molecule has 0 aliphatic carbocycles.